The van der Waals surface area contributed by atoms with Gasteiger partial charge in [0.1, 0.15) is 0 Å². The molecule has 0 radical (unpaired) electrons. The Morgan fingerprint density at radius 3 is 2.93 bits per heavy atom. The minimum atomic E-state index is -0.295. The molecule has 3 heteroatoms. The first-order chi connectivity index (χ1) is 7.28. The van der Waals surface area contributed by atoms with Crippen molar-refractivity contribution in [1.82, 2.24) is 0 Å². The van der Waals surface area contributed by atoms with Crippen molar-refractivity contribution >= 4 is 5.97 Å². The SMILES string of the molecule is O=C(OC1CCCO1)C12C=CC(CC1)C2. The number of fused-ring (bicyclic) bond motifs is 2. The molecule has 3 atom stereocenters. The summed E-state index contributed by atoms with van der Waals surface area (Å²) in [5, 5.41) is 0. The van der Waals surface area contributed by atoms with E-state index in [9.17, 15) is 4.79 Å². The Morgan fingerprint density at radius 1 is 1.47 bits per heavy atom. The van der Waals surface area contributed by atoms with Crippen molar-refractivity contribution in [3.05, 3.63) is 12.2 Å². The summed E-state index contributed by atoms with van der Waals surface area (Å²) in [4.78, 5) is 12.0. The van der Waals surface area contributed by atoms with Crippen LogP contribution in [0.2, 0.25) is 0 Å². The van der Waals surface area contributed by atoms with Crippen LogP contribution >= 0.6 is 0 Å². The lowest BCUT2D eigenvalue weighted by atomic mass is 9.88. The quantitative estimate of drug-likeness (QED) is 0.514. The van der Waals surface area contributed by atoms with Crippen LogP contribution in [0.15, 0.2) is 12.2 Å². The van der Waals surface area contributed by atoms with E-state index in [0.717, 1.165) is 38.7 Å². The summed E-state index contributed by atoms with van der Waals surface area (Å²) in [6.45, 7) is 0.726. The van der Waals surface area contributed by atoms with Gasteiger partial charge in [-0.15, -0.1) is 0 Å². The maximum atomic E-state index is 12.0. The summed E-state index contributed by atoms with van der Waals surface area (Å²) >= 11 is 0. The molecule has 0 N–H and O–H groups in total. The van der Waals surface area contributed by atoms with Gasteiger partial charge in [-0.2, -0.15) is 0 Å². The number of carbonyl (C=O) groups is 1. The van der Waals surface area contributed by atoms with Crippen molar-refractivity contribution in [2.75, 3.05) is 6.61 Å². The number of hydrogen-bond donors (Lipinski definition) is 0. The second-order valence-corrected chi connectivity index (χ2v) is 4.87. The fraction of sp³-hybridized carbons (Fsp3) is 0.750. The van der Waals surface area contributed by atoms with E-state index >= 15 is 0 Å². The van der Waals surface area contributed by atoms with Crippen molar-refractivity contribution in [3.63, 3.8) is 0 Å². The Hall–Kier alpha value is -0.830. The first kappa shape index (κ1) is 9.40. The van der Waals surface area contributed by atoms with Gasteiger partial charge in [-0.1, -0.05) is 12.2 Å². The highest BCUT2D eigenvalue weighted by molar-refractivity contribution is 5.80. The molecule has 1 saturated carbocycles. The molecule has 3 rings (SSSR count). The molecule has 0 aromatic carbocycles. The molecular formula is C12H16O3. The number of rotatable bonds is 2. The maximum absolute atomic E-state index is 12.0. The van der Waals surface area contributed by atoms with Gasteiger partial charge in [0.15, 0.2) is 0 Å². The lowest BCUT2D eigenvalue weighted by molar-refractivity contribution is -0.178. The van der Waals surface area contributed by atoms with Crippen LogP contribution in [0.3, 0.4) is 0 Å². The second-order valence-electron chi connectivity index (χ2n) is 4.87. The third kappa shape index (κ3) is 1.49. The highest BCUT2D eigenvalue weighted by atomic mass is 16.7. The summed E-state index contributed by atoms with van der Waals surface area (Å²) in [7, 11) is 0. The average molecular weight is 208 g/mol. The predicted octanol–water partition coefficient (Wildman–Crippen LogP) is 2.02. The fourth-order valence-corrected chi connectivity index (χ4v) is 2.88. The molecule has 1 saturated heterocycles. The molecule has 0 aromatic heterocycles. The molecule has 1 aliphatic heterocycles. The van der Waals surface area contributed by atoms with E-state index in [-0.39, 0.29) is 17.7 Å². The van der Waals surface area contributed by atoms with Crippen molar-refractivity contribution in [2.24, 2.45) is 11.3 Å². The molecule has 2 aliphatic carbocycles. The van der Waals surface area contributed by atoms with E-state index in [1.165, 1.54) is 0 Å². The molecule has 15 heavy (non-hydrogen) atoms. The third-order valence-electron chi connectivity index (χ3n) is 3.81. The van der Waals surface area contributed by atoms with Crippen LogP contribution in [0.4, 0.5) is 0 Å². The van der Waals surface area contributed by atoms with Crippen LogP contribution in [-0.2, 0) is 14.3 Å². The molecule has 2 fully saturated rings. The standard InChI is InChI=1S/C12H16O3/c13-11(15-10-2-1-7-14-10)12-5-3-9(8-12)4-6-12/h3,5,9-10H,1-2,4,6-8H2. The number of ether oxygens (including phenoxy) is 2. The Kier molecular flexibility index (Phi) is 2.09. The van der Waals surface area contributed by atoms with Gasteiger partial charge < -0.3 is 9.47 Å². The van der Waals surface area contributed by atoms with Crippen LogP contribution < -0.4 is 0 Å². The molecule has 0 spiro atoms. The molecule has 82 valence electrons. The van der Waals surface area contributed by atoms with Gasteiger partial charge in [0.25, 0.3) is 0 Å². The Balaban J connectivity index is 1.66. The van der Waals surface area contributed by atoms with Gasteiger partial charge in [0, 0.05) is 6.42 Å². The van der Waals surface area contributed by atoms with Crippen LogP contribution in [0.1, 0.15) is 32.1 Å². The third-order valence-corrected chi connectivity index (χ3v) is 3.81. The lowest BCUT2D eigenvalue weighted by Gasteiger charge is -2.23. The van der Waals surface area contributed by atoms with E-state index in [1.54, 1.807) is 0 Å². The smallest absolute Gasteiger partial charge is 0.318 e. The van der Waals surface area contributed by atoms with Crippen LogP contribution in [0.25, 0.3) is 0 Å². The van der Waals surface area contributed by atoms with Crippen LogP contribution in [0.5, 0.6) is 0 Å². The zero-order chi connectivity index (χ0) is 10.3. The van der Waals surface area contributed by atoms with Crippen LogP contribution in [0, 0.1) is 11.3 Å². The number of esters is 1. The summed E-state index contributed by atoms with van der Waals surface area (Å²) in [6, 6.07) is 0. The number of carbonyl (C=O) groups excluding carboxylic acids is 1. The molecule has 3 nitrogen and oxygen atoms in total. The van der Waals surface area contributed by atoms with Gasteiger partial charge in [-0.3, -0.25) is 4.79 Å². The van der Waals surface area contributed by atoms with E-state index in [1.807, 2.05) is 0 Å². The van der Waals surface area contributed by atoms with E-state index in [4.69, 9.17) is 9.47 Å². The zero-order valence-electron chi connectivity index (χ0n) is 8.78. The minimum absolute atomic E-state index is 0.0642. The average Bonchev–Trinajstić information content (AvgIpc) is 2.93. The maximum Gasteiger partial charge on any atom is 0.318 e. The Labute approximate surface area is 89.4 Å². The largest absolute Gasteiger partial charge is 0.435 e. The number of allylic oxidation sites excluding steroid dienone is 1. The molecule has 2 bridgehead atoms. The topological polar surface area (TPSA) is 35.5 Å². The predicted molar refractivity (Wildman–Crippen MR) is 54.0 cm³/mol. The van der Waals surface area contributed by atoms with Crippen molar-refractivity contribution in [2.45, 2.75) is 38.4 Å². The monoisotopic (exact) mass is 208 g/mol. The van der Waals surface area contributed by atoms with Crippen LogP contribution in [-0.4, -0.2) is 18.9 Å². The molecule has 0 aromatic rings. The van der Waals surface area contributed by atoms with Crippen molar-refractivity contribution in [3.8, 4) is 0 Å². The van der Waals surface area contributed by atoms with Crippen molar-refractivity contribution in [1.29, 1.82) is 0 Å². The first-order valence-corrected chi connectivity index (χ1v) is 5.81. The zero-order valence-corrected chi connectivity index (χ0v) is 8.78. The fourth-order valence-electron chi connectivity index (χ4n) is 2.88. The van der Waals surface area contributed by atoms with E-state index in [0.29, 0.717) is 5.92 Å². The summed E-state index contributed by atoms with van der Waals surface area (Å²) < 4.78 is 10.7. The second kappa shape index (κ2) is 3.34. The van der Waals surface area contributed by atoms with Gasteiger partial charge in [0.05, 0.1) is 12.0 Å². The summed E-state index contributed by atoms with van der Waals surface area (Å²) in [5.74, 6) is 0.549. The van der Waals surface area contributed by atoms with Gasteiger partial charge >= 0.3 is 5.97 Å². The molecule has 0 amide bonds. The normalized spacial score (nSPS) is 42.4. The first-order valence-electron chi connectivity index (χ1n) is 5.81. The summed E-state index contributed by atoms with van der Waals surface area (Å²) in [6.07, 6.45) is 8.85. The van der Waals surface area contributed by atoms with Gasteiger partial charge in [-0.05, 0) is 31.6 Å². The van der Waals surface area contributed by atoms with Crippen molar-refractivity contribution < 1.29 is 14.3 Å². The minimum Gasteiger partial charge on any atom is -0.435 e. The molecule has 1 heterocycles. The molecule has 3 unspecified atom stereocenters. The highest BCUT2D eigenvalue weighted by Gasteiger charge is 2.48. The van der Waals surface area contributed by atoms with E-state index in [2.05, 4.69) is 12.2 Å². The Morgan fingerprint density at radius 2 is 2.40 bits per heavy atom. The molecule has 3 aliphatic rings. The van der Waals surface area contributed by atoms with Gasteiger partial charge in [0.2, 0.25) is 6.29 Å². The Bertz CT molecular complexity index is 304. The highest BCUT2D eigenvalue weighted by Crippen LogP contribution is 2.50. The summed E-state index contributed by atoms with van der Waals surface area (Å²) in [5.41, 5.74) is -0.295. The lowest BCUT2D eigenvalue weighted by Crippen LogP contribution is -2.30. The van der Waals surface area contributed by atoms with E-state index < -0.39 is 0 Å². The number of hydrogen-bond acceptors (Lipinski definition) is 3. The molecular weight excluding hydrogens is 192 g/mol. The van der Waals surface area contributed by atoms with Gasteiger partial charge in [-0.25, -0.2) is 0 Å².